The Bertz CT molecular complexity index is 511. The third kappa shape index (κ3) is 16.4. The highest BCUT2D eigenvalue weighted by atomic mass is 16.6. The average Bonchev–Trinajstić information content (AvgIpc) is 2.55. The average molecular weight is 428 g/mol. The number of hydrogen-bond donors (Lipinski definition) is 1. The van der Waals surface area contributed by atoms with Crippen LogP contribution in [0, 0.1) is 5.41 Å². The number of ketones is 1. The van der Waals surface area contributed by atoms with Gasteiger partial charge in [0.25, 0.3) is 0 Å². The summed E-state index contributed by atoms with van der Waals surface area (Å²) in [7, 11) is 1.92. The second-order valence-corrected chi connectivity index (χ2v) is 10.6. The summed E-state index contributed by atoms with van der Waals surface area (Å²) in [5, 5.41) is 3.11. The second kappa shape index (κ2) is 13.1. The summed E-state index contributed by atoms with van der Waals surface area (Å²) in [6.07, 6.45) is 5.33. The van der Waals surface area contributed by atoms with Crippen molar-refractivity contribution in [2.24, 2.45) is 5.41 Å². The van der Waals surface area contributed by atoms with Gasteiger partial charge in [0, 0.05) is 25.7 Å². The minimum absolute atomic E-state index is 0.190. The van der Waals surface area contributed by atoms with E-state index in [4.69, 9.17) is 9.47 Å². The molecular formula is C24H45NO5. The zero-order chi connectivity index (χ0) is 23.4. The Balaban J connectivity index is 4.86. The van der Waals surface area contributed by atoms with Crippen LogP contribution in [0.5, 0.6) is 0 Å². The van der Waals surface area contributed by atoms with Gasteiger partial charge in [-0.2, -0.15) is 0 Å². The smallest absolute Gasteiger partial charge is 0.306 e. The third-order valence-electron chi connectivity index (χ3n) is 4.71. The summed E-state index contributed by atoms with van der Waals surface area (Å²) in [6, 6.07) is 0. The van der Waals surface area contributed by atoms with E-state index in [1.54, 1.807) is 0 Å². The maximum Gasteiger partial charge on any atom is 0.306 e. The van der Waals surface area contributed by atoms with Gasteiger partial charge in [-0.1, -0.05) is 13.3 Å². The van der Waals surface area contributed by atoms with E-state index in [-0.39, 0.29) is 30.6 Å². The van der Waals surface area contributed by atoms with Gasteiger partial charge in [-0.05, 0) is 86.2 Å². The van der Waals surface area contributed by atoms with E-state index < -0.39 is 16.6 Å². The van der Waals surface area contributed by atoms with Crippen molar-refractivity contribution < 1.29 is 23.9 Å². The molecule has 1 N–H and O–H groups in total. The van der Waals surface area contributed by atoms with Crippen molar-refractivity contribution in [3.05, 3.63) is 0 Å². The minimum atomic E-state index is -0.535. The van der Waals surface area contributed by atoms with Gasteiger partial charge in [-0.25, -0.2) is 0 Å². The van der Waals surface area contributed by atoms with Gasteiger partial charge in [0.15, 0.2) is 0 Å². The molecule has 0 saturated carbocycles. The SMILES string of the molecule is CNCCCCCC(=O)CC(C)(CCC(=O)OC(C)(C)C)CCC(=O)OC(C)(C)C. The lowest BCUT2D eigenvalue weighted by molar-refractivity contribution is -0.156. The first-order valence-corrected chi connectivity index (χ1v) is 11.3. The van der Waals surface area contributed by atoms with E-state index >= 15 is 0 Å². The molecule has 0 fully saturated rings. The molecule has 0 radical (unpaired) electrons. The molecule has 0 rings (SSSR count). The molecule has 0 aliphatic carbocycles. The van der Waals surface area contributed by atoms with Crippen molar-refractivity contribution in [2.45, 2.75) is 117 Å². The van der Waals surface area contributed by atoms with Crippen LogP contribution < -0.4 is 5.32 Å². The Hall–Kier alpha value is -1.43. The summed E-state index contributed by atoms with van der Waals surface area (Å²) in [4.78, 5) is 37.0. The monoisotopic (exact) mass is 427 g/mol. The maximum atomic E-state index is 12.6. The van der Waals surface area contributed by atoms with E-state index in [1.165, 1.54) is 0 Å². The van der Waals surface area contributed by atoms with E-state index in [1.807, 2.05) is 55.5 Å². The first-order chi connectivity index (χ1) is 13.7. The lowest BCUT2D eigenvalue weighted by Crippen LogP contribution is -2.28. The lowest BCUT2D eigenvalue weighted by atomic mass is 9.76. The summed E-state index contributed by atoms with van der Waals surface area (Å²) in [6.45, 7) is 14.0. The van der Waals surface area contributed by atoms with Crippen molar-refractivity contribution in [3.63, 3.8) is 0 Å². The second-order valence-electron chi connectivity index (χ2n) is 10.6. The number of Topliss-reactive ketones (excluding diaryl/α,β-unsaturated/α-hetero) is 1. The number of hydrogen-bond acceptors (Lipinski definition) is 6. The fourth-order valence-corrected chi connectivity index (χ4v) is 3.26. The lowest BCUT2D eigenvalue weighted by Gasteiger charge is -2.30. The number of unbranched alkanes of at least 4 members (excludes halogenated alkanes) is 2. The van der Waals surface area contributed by atoms with Gasteiger partial charge in [0.05, 0.1) is 0 Å². The molecule has 176 valence electrons. The molecular weight excluding hydrogens is 382 g/mol. The highest BCUT2D eigenvalue weighted by Gasteiger charge is 2.30. The van der Waals surface area contributed by atoms with Crippen LogP contribution in [0.15, 0.2) is 0 Å². The van der Waals surface area contributed by atoms with Crippen LogP contribution in [0.25, 0.3) is 0 Å². The summed E-state index contributed by atoms with van der Waals surface area (Å²) >= 11 is 0. The Labute approximate surface area is 183 Å². The topological polar surface area (TPSA) is 81.7 Å². The maximum absolute atomic E-state index is 12.6. The quantitative estimate of drug-likeness (QED) is 0.311. The Morgan fingerprint density at radius 3 is 1.57 bits per heavy atom. The van der Waals surface area contributed by atoms with Gasteiger partial charge < -0.3 is 14.8 Å². The van der Waals surface area contributed by atoms with Gasteiger partial charge >= 0.3 is 11.9 Å². The van der Waals surface area contributed by atoms with Crippen LogP contribution in [0.2, 0.25) is 0 Å². The normalized spacial score (nSPS) is 12.5. The van der Waals surface area contributed by atoms with E-state index in [2.05, 4.69) is 5.32 Å². The van der Waals surface area contributed by atoms with Crippen molar-refractivity contribution in [2.75, 3.05) is 13.6 Å². The van der Waals surface area contributed by atoms with Crippen LogP contribution in [0.3, 0.4) is 0 Å². The van der Waals surface area contributed by atoms with Crippen LogP contribution in [-0.4, -0.2) is 42.5 Å². The number of carbonyl (C=O) groups excluding carboxylic acids is 3. The first kappa shape index (κ1) is 28.6. The molecule has 0 bridgehead atoms. The van der Waals surface area contributed by atoms with Crippen molar-refractivity contribution in [1.82, 2.24) is 5.32 Å². The molecule has 30 heavy (non-hydrogen) atoms. The zero-order valence-electron chi connectivity index (χ0n) is 20.6. The fourth-order valence-electron chi connectivity index (χ4n) is 3.26. The molecule has 6 nitrogen and oxygen atoms in total. The van der Waals surface area contributed by atoms with Crippen LogP contribution in [0.4, 0.5) is 0 Å². The largest absolute Gasteiger partial charge is 0.460 e. The number of nitrogens with one attached hydrogen (secondary N) is 1. The molecule has 0 aliphatic heterocycles. The predicted octanol–water partition coefficient (Wildman–Crippen LogP) is 4.98. The zero-order valence-corrected chi connectivity index (χ0v) is 20.6. The van der Waals surface area contributed by atoms with Gasteiger partial charge in [-0.15, -0.1) is 0 Å². The predicted molar refractivity (Wildman–Crippen MR) is 120 cm³/mol. The standard InChI is InChI=1S/C24H45NO5/c1-22(2,3)29-20(27)13-15-24(7,16-14-21(28)30-23(4,5)6)18-19(26)12-10-9-11-17-25-8/h25H,9-18H2,1-8H3. The van der Waals surface area contributed by atoms with Crippen molar-refractivity contribution in [1.29, 1.82) is 0 Å². The van der Waals surface area contributed by atoms with Crippen LogP contribution >= 0.6 is 0 Å². The molecule has 0 heterocycles. The van der Waals surface area contributed by atoms with Crippen molar-refractivity contribution >= 4 is 17.7 Å². The summed E-state index contributed by atoms with van der Waals surface area (Å²) in [5.41, 5.74) is -1.50. The molecule has 0 unspecified atom stereocenters. The molecule has 0 amide bonds. The molecule has 0 spiro atoms. The van der Waals surface area contributed by atoms with Crippen LogP contribution in [0.1, 0.15) is 106 Å². The third-order valence-corrected chi connectivity index (χ3v) is 4.71. The highest BCUT2D eigenvalue weighted by molar-refractivity contribution is 5.79. The molecule has 0 aromatic rings. The molecule has 0 aromatic heterocycles. The van der Waals surface area contributed by atoms with Gasteiger partial charge in [-0.3, -0.25) is 14.4 Å². The summed E-state index contributed by atoms with van der Waals surface area (Å²) in [5.74, 6) is -0.355. The Morgan fingerprint density at radius 1 is 0.700 bits per heavy atom. The first-order valence-electron chi connectivity index (χ1n) is 11.3. The Kier molecular flexibility index (Phi) is 12.5. The Morgan fingerprint density at radius 2 is 1.17 bits per heavy atom. The molecule has 0 aliphatic rings. The minimum Gasteiger partial charge on any atom is -0.460 e. The number of ether oxygens (including phenoxy) is 2. The summed E-state index contributed by atoms with van der Waals surface area (Å²) < 4.78 is 10.8. The van der Waals surface area contributed by atoms with E-state index in [9.17, 15) is 14.4 Å². The molecule has 0 saturated heterocycles. The number of carbonyl (C=O) groups is 3. The molecule has 0 atom stereocenters. The molecule has 6 heteroatoms. The van der Waals surface area contributed by atoms with E-state index in [0.717, 1.165) is 25.8 Å². The van der Waals surface area contributed by atoms with Crippen LogP contribution in [-0.2, 0) is 23.9 Å². The number of rotatable bonds is 14. The van der Waals surface area contributed by atoms with Crippen molar-refractivity contribution in [3.8, 4) is 0 Å². The van der Waals surface area contributed by atoms with Gasteiger partial charge in [0.1, 0.15) is 17.0 Å². The van der Waals surface area contributed by atoms with Gasteiger partial charge in [0.2, 0.25) is 0 Å². The molecule has 0 aromatic carbocycles. The van der Waals surface area contributed by atoms with E-state index in [0.29, 0.717) is 25.7 Å². The number of esters is 2. The highest BCUT2D eigenvalue weighted by Crippen LogP contribution is 2.35. The fraction of sp³-hybridized carbons (Fsp3) is 0.875.